The quantitative estimate of drug-likeness (QED) is 0.737. The minimum atomic E-state index is -0.312. The SMILES string of the molecule is COc1cc(C(=O)N(c2ccccc2)c2ccccc2)on1. The molecule has 0 aliphatic heterocycles. The first kappa shape index (κ1) is 13.9. The molecule has 5 heteroatoms. The van der Waals surface area contributed by atoms with Crippen molar-refractivity contribution in [2.24, 2.45) is 0 Å². The second kappa shape index (κ2) is 6.13. The zero-order valence-electron chi connectivity index (χ0n) is 12.0. The summed E-state index contributed by atoms with van der Waals surface area (Å²) in [5, 5.41) is 3.68. The predicted molar refractivity (Wildman–Crippen MR) is 82.4 cm³/mol. The maximum Gasteiger partial charge on any atom is 0.301 e. The number of hydrogen-bond donors (Lipinski definition) is 0. The predicted octanol–water partition coefficient (Wildman–Crippen LogP) is 3.66. The monoisotopic (exact) mass is 294 g/mol. The van der Waals surface area contributed by atoms with Crippen LogP contribution in [-0.2, 0) is 0 Å². The highest BCUT2D eigenvalue weighted by molar-refractivity contribution is 6.09. The smallest absolute Gasteiger partial charge is 0.301 e. The number of methoxy groups -OCH3 is 1. The second-order valence-corrected chi connectivity index (χ2v) is 4.55. The Bertz CT molecular complexity index is 714. The van der Waals surface area contributed by atoms with Crippen LogP contribution >= 0.6 is 0 Å². The molecule has 0 radical (unpaired) electrons. The van der Waals surface area contributed by atoms with E-state index in [0.717, 1.165) is 11.4 Å². The molecule has 0 N–H and O–H groups in total. The van der Waals surface area contributed by atoms with E-state index in [9.17, 15) is 4.79 Å². The number of para-hydroxylation sites is 2. The minimum Gasteiger partial charge on any atom is -0.479 e. The van der Waals surface area contributed by atoms with Crippen molar-refractivity contribution >= 4 is 17.3 Å². The van der Waals surface area contributed by atoms with Gasteiger partial charge in [-0.15, -0.1) is 0 Å². The number of rotatable bonds is 4. The molecule has 0 atom stereocenters. The van der Waals surface area contributed by atoms with Crippen LogP contribution in [0.2, 0.25) is 0 Å². The van der Waals surface area contributed by atoms with Gasteiger partial charge in [0.1, 0.15) is 0 Å². The molecule has 110 valence electrons. The Kier molecular flexibility index (Phi) is 3.87. The van der Waals surface area contributed by atoms with Gasteiger partial charge in [0.05, 0.1) is 13.2 Å². The fourth-order valence-corrected chi connectivity index (χ4v) is 2.10. The molecular formula is C17H14N2O3. The molecule has 0 aliphatic carbocycles. The van der Waals surface area contributed by atoms with E-state index in [2.05, 4.69) is 5.16 Å². The number of carbonyl (C=O) groups excluding carboxylic acids is 1. The van der Waals surface area contributed by atoms with Gasteiger partial charge in [-0.1, -0.05) is 36.4 Å². The van der Waals surface area contributed by atoms with Gasteiger partial charge in [0, 0.05) is 11.4 Å². The maximum absolute atomic E-state index is 12.8. The Labute approximate surface area is 127 Å². The average Bonchev–Trinajstić information content (AvgIpc) is 3.06. The standard InChI is InChI=1S/C17H14N2O3/c1-21-16-12-15(22-18-16)17(20)19(13-8-4-2-5-9-13)14-10-6-3-7-11-14/h2-12H,1H3. The lowest BCUT2D eigenvalue weighted by atomic mass is 10.2. The summed E-state index contributed by atoms with van der Waals surface area (Å²) in [6, 6.07) is 20.2. The van der Waals surface area contributed by atoms with Gasteiger partial charge < -0.3 is 9.26 Å². The lowest BCUT2D eigenvalue weighted by molar-refractivity contribution is 0.0963. The molecule has 0 aliphatic rings. The van der Waals surface area contributed by atoms with E-state index in [0.29, 0.717) is 0 Å². The Balaban J connectivity index is 2.04. The van der Waals surface area contributed by atoms with Crippen LogP contribution in [0.5, 0.6) is 5.88 Å². The third kappa shape index (κ3) is 2.69. The first-order valence-electron chi connectivity index (χ1n) is 6.75. The summed E-state index contributed by atoms with van der Waals surface area (Å²) in [5.74, 6) is 0.0715. The minimum absolute atomic E-state index is 0.115. The van der Waals surface area contributed by atoms with Gasteiger partial charge in [-0.25, -0.2) is 0 Å². The number of aromatic nitrogens is 1. The number of ether oxygens (including phenoxy) is 1. The van der Waals surface area contributed by atoms with E-state index in [-0.39, 0.29) is 17.5 Å². The van der Waals surface area contributed by atoms with E-state index < -0.39 is 0 Å². The number of hydrogen-bond acceptors (Lipinski definition) is 4. The normalized spacial score (nSPS) is 10.2. The average molecular weight is 294 g/mol. The van der Waals surface area contributed by atoms with Crippen LogP contribution in [0.4, 0.5) is 11.4 Å². The van der Waals surface area contributed by atoms with Crippen LogP contribution in [-0.4, -0.2) is 18.2 Å². The summed E-state index contributed by atoms with van der Waals surface area (Å²) in [4.78, 5) is 14.4. The van der Waals surface area contributed by atoms with E-state index in [1.807, 2.05) is 60.7 Å². The summed E-state index contributed by atoms with van der Waals surface area (Å²) in [7, 11) is 1.47. The first-order chi connectivity index (χ1) is 10.8. The summed E-state index contributed by atoms with van der Waals surface area (Å²) in [6.07, 6.45) is 0. The Morgan fingerprint density at radius 2 is 1.55 bits per heavy atom. The van der Waals surface area contributed by atoms with Crippen molar-refractivity contribution in [2.45, 2.75) is 0 Å². The molecule has 3 aromatic rings. The summed E-state index contributed by atoms with van der Waals surface area (Å²) >= 11 is 0. The second-order valence-electron chi connectivity index (χ2n) is 4.55. The fourth-order valence-electron chi connectivity index (χ4n) is 2.10. The lowest BCUT2D eigenvalue weighted by Gasteiger charge is -2.21. The largest absolute Gasteiger partial charge is 0.479 e. The Hall–Kier alpha value is -3.08. The summed E-state index contributed by atoms with van der Waals surface area (Å²) < 4.78 is 10.0. The zero-order valence-corrected chi connectivity index (χ0v) is 12.0. The number of nitrogens with zero attached hydrogens (tertiary/aromatic N) is 2. The molecule has 1 amide bonds. The van der Waals surface area contributed by atoms with Gasteiger partial charge in [-0.05, 0) is 29.4 Å². The van der Waals surface area contributed by atoms with Gasteiger partial charge in [-0.2, -0.15) is 0 Å². The van der Waals surface area contributed by atoms with E-state index in [1.165, 1.54) is 13.2 Å². The van der Waals surface area contributed by atoms with Gasteiger partial charge in [0.25, 0.3) is 5.88 Å². The van der Waals surface area contributed by atoms with Crippen LogP contribution in [0.15, 0.2) is 71.3 Å². The van der Waals surface area contributed by atoms with Crippen molar-refractivity contribution < 1.29 is 14.1 Å². The molecule has 22 heavy (non-hydrogen) atoms. The number of carbonyl (C=O) groups is 1. The highest BCUT2D eigenvalue weighted by Gasteiger charge is 2.23. The van der Waals surface area contributed by atoms with Gasteiger partial charge in [0.2, 0.25) is 5.76 Å². The highest BCUT2D eigenvalue weighted by atomic mass is 16.5. The molecule has 1 heterocycles. The molecule has 0 saturated heterocycles. The topological polar surface area (TPSA) is 55.6 Å². The Morgan fingerprint density at radius 3 is 2.00 bits per heavy atom. The molecule has 0 unspecified atom stereocenters. The van der Waals surface area contributed by atoms with Crippen molar-refractivity contribution in [3.8, 4) is 5.88 Å². The molecule has 0 spiro atoms. The van der Waals surface area contributed by atoms with Crippen LogP contribution in [0, 0.1) is 0 Å². The summed E-state index contributed by atoms with van der Waals surface area (Å²) in [6.45, 7) is 0. The van der Waals surface area contributed by atoms with Crippen molar-refractivity contribution in [1.82, 2.24) is 5.16 Å². The van der Waals surface area contributed by atoms with Crippen molar-refractivity contribution in [2.75, 3.05) is 12.0 Å². The fraction of sp³-hybridized carbons (Fsp3) is 0.0588. The Morgan fingerprint density at radius 1 is 1.00 bits per heavy atom. The van der Waals surface area contributed by atoms with Gasteiger partial charge in [0.15, 0.2) is 0 Å². The van der Waals surface area contributed by atoms with E-state index in [1.54, 1.807) is 4.90 Å². The molecule has 3 rings (SSSR count). The molecule has 1 aromatic heterocycles. The van der Waals surface area contributed by atoms with Gasteiger partial charge >= 0.3 is 5.91 Å². The van der Waals surface area contributed by atoms with E-state index in [4.69, 9.17) is 9.26 Å². The lowest BCUT2D eigenvalue weighted by Crippen LogP contribution is -2.25. The molecular weight excluding hydrogens is 280 g/mol. The van der Waals surface area contributed by atoms with Crippen molar-refractivity contribution in [3.05, 3.63) is 72.5 Å². The van der Waals surface area contributed by atoms with Crippen LogP contribution in [0.1, 0.15) is 10.6 Å². The van der Waals surface area contributed by atoms with Crippen LogP contribution < -0.4 is 9.64 Å². The third-order valence-electron chi connectivity index (χ3n) is 3.14. The summed E-state index contributed by atoms with van der Waals surface area (Å²) in [5.41, 5.74) is 1.49. The van der Waals surface area contributed by atoms with E-state index >= 15 is 0 Å². The first-order valence-corrected chi connectivity index (χ1v) is 6.75. The molecule has 0 saturated carbocycles. The third-order valence-corrected chi connectivity index (χ3v) is 3.14. The van der Waals surface area contributed by atoms with Crippen LogP contribution in [0.25, 0.3) is 0 Å². The molecule has 5 nitrogen and oxygen atoms in total. The number of benzene rings is 2. The number of anilines is 2. The van der Waals surface area contributed by atoms with Gasteiger partial charge in [-0.3, -0.25) is 9.69 Å². The van der Waals surface area contributed by atoms with Crippen molar-refractivity contribution in [1.29, 1.82) is 0 Å². The highest BCUT2D eigenvalue weighted by Crippen LogP contribution is 2.27. The number of amides is 1. The molecule has 0 fully saturated rings. The zero-order chi connectivity index (χ0) is 15.4. The van der Waals surface area contributed by atoms with Crippen LogP contribution in [0.3, 0.4) is 0 Å². The molecule has 0 bridgehead atoms. The van der Waals surface area contributed by atoms with Crippen molar-refractivity contribution in [3.63, 3.8) is 0 Å². The maximum atomic E-state index is 12.8. The molecule has 2 aromatic carbocycles.